The number of anilines is 1. The molecular weight excluding hydrogens is 505 g/mol. The third kappa shape index (κ3) is 5.16. The minimum atomic E-state index is -4.03. The fourth-order valence-corrected chi connectivity index (χ4v) is 5.97. The Balaban J connectivity index is 1.48. The molecule has 0 aromatic heterocycles. The molecule has 2 N–H and O–H groups in total. The molecule has 0 bridgehead atoms. The summed E-state index contributed by atoms with van der Waals surface area (Å²) in [7, 11) is -4.03. The number of aliphatic hydroxyl groups is 1. The van der Waals surface area contributed by atoms with Crippen LogP contribution < -0.4 is 5.32 Å². The van der Waals surface area contributed by atoms with Crippen LogP contribution in [-0.4, -0.2) is 42.4 Å². The van der Waals surface area contributed by atoms with Crippen molar-refractivity contribution in [1.82, 2.24) is 4.31 Å². The summed E-state index contributed by atoms with van der Waals surface area (Å²) in [6.45, 7) is -0.198. The molecule has 4 rings (SSSR count). The number of benzene rings is 2. The number of halogens is 4. The molecule has 1 atom stereocenters. The summed E-state index contributed by atoms with van der Waals surface area (Å²) >= 11 is 5.73. The minimum Gasteiger partial charge on any atom is -0.389 e. The van der Waals surface area contributed by atoms with Gasteiger partial charge in [0.05, 0.1) is 15.5 Å². The van der Waals surface area contributed by atoms with E-state index in [0.29, 0.717) is 0 Å². The van der Waals surface area contributed by atoms with Gasteiger partial charge in [0.25, 0.3) is 5.91 Å². The normalized spacial score (nSPS) is 20.7. The zero-order valence-corrected chi connectivity index (χ0v) is 19.9. The highest BCUT2D eigenvalue weighted by atomic mass is 35.5. The lowest BCUT2D eigenvalue weighted by molar-refractivity contribution is -0.0500. The van der Waals surface area contributed by atoms with E-state index in [9.17, 15) is 31.5 Å². The van der Waals surface area contributed by atoms with Gasteiger partial charge in [0.2, 0.25) is 10.0 Å². The molecular formula is C24H22ClF3N2O4S. The first kappa shape index (κ1) is 25.4. The van der Waals surface area contributed by atoms with E-state index in [0.717, 1.165) is 16.4 Å². The number of nitrogens with zero attached hydrogens (tertiary/aromatic N) is 1. The topological polar surface area (TPSA) is 86.7 Å². The summed E-state index contributed by atoms with van der Waals surface area (Å²) in [4.78, 5) is 12.5. The maximum Gasteiger partial charge on any atom is 0.255 e. The van der Waals surface area contributed by atoms with Gasteiger partial charge in [-0.25, -0.2) is 21.6 Å². The predicted molar refractivity (Wildman–Crippen MR) is 125 cm³/mol. The van der Waals surface area contributed by atoms with E-state index < -0.39 is 44.9 Å². The van der Waals surface area contributed by atoms with Crippen LogP contribution in [0.25, 0.3) is 0 Å². The number of nitrogens with one attached hydrogen (secondary N) is 1. The average molecular weight is 527 g/mol. The van der Waals surface area contributed by atoms with Gasteiger partial charge in [-0.15, -0.1) is 0 Å². The molecule has 1 saturated heterocycles. The number of sulfonamides is 1. The molecule has 1 aliphatic carbocycles. The molecule has 1 heterocycles. The minimum absolute atomic E-state index is 0.0525. The number of carbonyl (C=O) groups is 1. The highest BCUT2D eigenvalue weighted by molar-refractivity contribution is 7.89. The van der Waals surface area contributed by atoms with Crippen molar-refractivity contribution in [3.8, 4) is 0 Å². The average Bonchev–Trinajstić information content (AvgIpc) is 2.83. The highest BCUT2D eigenvalue weighted by Crippen LogP contribution is 2.41. The van der Waals surface area contributed by atoms with Crippen molar-refractivity contribution in [2.45, 2.75) is 29.8 Å². The predicted octanol–water partition coefficient (Wildman–Crippen LogP) is 4.97. The Morgan fingerprint density at radius 1 is 1.11 bits per heavy atom. The Hall–Kier alpha value is -2.66. The van der Waals surface area contributed by atoms with E-state index in [1.165, 1.54) is 42.5 Å². The summed E-state index contributed by atoms with van der Waals surface area (Å²) in [6, 6.07) is 9.03. The van der Waals surface area contributed by atoms with Gasteiger partial charge in [-0.3, -0.25) is 4.79 Å². The van der Waals surface area contributed by atoms with Crippen LogP contribution in [-0.2, 0) is 10.0 Å². The van der Waals surface area contributed by atoms with Gasteiger partial charge in [0, 0.05) is 30.3 Å². The largest absolute Gasteiger partial charge is 0.389 e. The third-order valence-electron chi connectivity index (χ3n) is 6.32. The third-order valence-corrected chi connectivity index (χ3v) is 8.50. The molecule has 1 unspecified atom stereocenters. The highest BCUT2D eigenvalue weighted by Gasteiger charge is 2.45. The first-order valence-corrected chi connectivity index (χ1v) is 12.6. The number of amides is 1. The molecule has 0 radical (unpaired) electrons. The van der Waals surface area contributed by atoms with E-state index >= 15 is 0 Å². The van der Waals surface area contributed by atoms with Gasteiger partial charge in [-0.1, -0.05) is 23.7 Å². The van der Waals surface area contributed by atoms with E-state index in [-0.39, 0.29) is 53.5 Å². The molecule has 2 aromatic carbocycles. The van der Waals surface area contributed by atoms with Gasteiger partial charge >= 0.3 is 0 Å². The first-order chi connectivity index (χ1) is 16.5. The summed E-state index contributed by atoms with van der Waals surface area (Å²) in [5.41, 5.74) is -1.28. The number of hydrogen-bond donors (Lipinski definition) is 2. The standard InChI is InChI=1S/C24H22ClF3N2O4S/c25-19-14-16(7-8-20(19)26)29-23(31)15-3-1-4-17(13-15)35(33,34)30-11-9-24(32,10-12-30)18-5-2-6-21(27)22(18)28/h1-4,6-8,13-14,18,32H,5,9-12H2,(H,29,31). The molecule has 6 nitrogen and oxygen atoms in total. The first-order valence-electron chi connectivity index (χ1n) is 10.8. The molecule has 11 heteroatoms. The monoisotopic (exact) mass is 526 g/mol. The Morgan fingerprint density at radius 3 is 2.51 bits per heavy atom. The molecule has 0 saturated carbocycles. The Bertz CT molecular complexity index is 1320. The van der Waals surface area contributed by atoms with Gasteiger partial charge in [0.1, 0.15) is 11.6 Å². The van der Waals surface area contributed by atoms with Crippen LogP contribution in [0.1, 0.15) is 29.6 Å². The van der Waals surface area contributed by atoms with Crippen LogP contribution in [0, 0.1) is 11.7 Å². The lowest BCUT2D eigenvalue weighted by Crippen LogP contribution is -2.50. The van der Waals surface area contributed by atoms with Gasteiger partial charge in [-0.2, -0.15) is 4.31 Å². The van der Waals surface area contributed by atoms with Crippen LogP contribution in [0.4, 0.5) is 18.9 Å². The van der Waals surface area contributed by atoms with E-state index in [2.05, 4.69) is 5.32 Å². The van der Waals surface area contributed by atoms with Crippen molar-refractivity contribution < 1.29 is 31.5 Å². The van der Waals surface area contributed by atoms with Crippen LogP contribution in [0.3, 0.4) is 0 Å². The smallest absolute Gasteiger partial charge is 0.255 e. The second-order valence-electron chi connectivity index (χ2n) is 8.51. The molecule has 35 heavy (non-hydrogen) atoms. The zero-order chi connectivity index (χ0) is 25.4. The SMILES string of the molecule is O=C(Nc1ccc(F)c(Cl)c1)c1cccc(S(=O)(=O)N2CCC(O)(C3CC=CC(F)=C3F)CC2)c1. The Kier molecular flexibility index (Phi) is 7.10. The zero-order valence-electron chi connectivity index (χ0n) is 18.3. The molecule has 186 valence electrons. The van der Waals surface area contributed by atoms with Gasteiger partial charge in [0.15, 0.2) is 5.83 Å². The van der Waals surface area contributed by atoms with Crippen LogP contribution in [0.15, 0.2) is 71.2 Å². The fraction of sp³-hybridized carbons (Fsp3) is 0.292. The van der Waals surface area contributed by atoms with Gasteiger partial charge < -0.3 is 10.4 Å². The van der Waals surface area contributed by atoms with Crippen molar-refractivity contribution in [2.75, 3.05) is 18.4 Å². The molecule has 1 aliphatic heterocycles. The molecule has 1 amide bonds. The van der Waals surface area contributed by atoms with Gasteiger partial charge in [-0.05, 0) is 61.7 Å². The van der Waals surface area contributed by atoms with Crippen molar-refractivity contribution in [2.24, 2.45) is 5.92 Å². The summed E-state index contributed by atoms with van der Waals surface area (Å²) in [5.74, 6) is -4.37. The lowest BCUT2D eigenvalue weighted by atomic mass is 9.76. The molecule has 2 aromatic rings. The number of carbonyl (C=O) groups excluding carboxylic acids is 1. The van der Waals surface area contributed by atoms with Crippen molar-refractivity contribution in [1.29, 1.82) is 0 Å². The van der Waals surface area contributed by atoms with E-state index in [1.807, 2.05) is 0 Å². The van der Waals surface area contributed by atoms with Crippen LogP contribution in [0.5, 0.6) is 0 Å². The van der Waals surface area contributed by atoms with E-state index in [4.69, 9.17) is 11.6 Å². The number of rotatable bonds is 5. The number of allylic oxidation sites excluding steroid dienone is 3. The lowest BCUT2D eigenvalue weighted by Gasteiger charge is -2.42. The maximum atomic E-state index is 14.3. The Morgan fingerprint density at radius 2 is 1.83 bits per heavy atom. The number of hydrogen-bond acceptors (Lipinski definition) is 4. The second-order valence-corrected chi connectivity index (χ2v) is 10.9. The number of piperidine rings is 1. The quantitative estimate of drug-likeness (QED) is 0.576. The Labute approximate surface area is 205 Å². The molecule has 0 spiro atoms. The molecule has 2 aliphatic rings. The van der Waals surface area contributed by atoms with E-state index in [1.54, 1.807) is 0 Å². The molecule has 1 fully saturated rings. The van der Waals surface area contributed by atoms with Crippen LogP contribution >= 0.6 is 11.6 Å². The second kappa shape index (κ2) is 9.77. The summed E-state index contributed by atoms with van der Waals surface area (Å²) in [6.07, 6.45) is 2.44. The maximum absolute atomic E-state index is 14.3. The summed E-state index contributed by atoms with van der Waals surface area (Å²) < 4.78 is 68.8. The van der Waals surface area contributed by atoms with Crippen LogP contribution in [0.2, 0.25) is 5.02 Å². The van der Waals surface area contributed by atoms with Crippen molar-refractivity contribution in [3.63, 3.8) is 0 Å². The van der Waals surface area contributed by atoms with Crippen molar-refractivity contribution in [3.05, 3.63) is 82.7 Å². The fourth-order valence-electron chi connectivity index (χ4n) is 4.30. The van der Waals surface area contributed by atoms with Crippen molar-refractivity contribution >= 4 is 33.2 Å². The summed E-state index contributed by atoms with van der Waals surface area (Å²) in [5, 5.41) is 13.3.